The molecule has 0 bridgehead atoms. The van der Waals surface area contributed by atoms with Crippen LogP contribution >= 0.6 is 0 Å². The summed E-state index contributed by atoms with van der Waals surface area (Å²) in [7, 11) is 0. The molecule has 0 saturated carbocycles. The van der Waals surface area contributed by atoms with E-state index in [2.05, 4.69) is 22.5 Å². The van der Waals surface area contributed by atoms with Crippen LogP contribution in [0, 0.1) is 0 Å². The van der Waals surface area contributed by atoms with Crippen molar-refractivity contribution in [1.29, 1.82) is 0 Å². The van der Waals surface area contributed by atoms with Gasteiger partial charge in [-0.2, -0.15) is 0 Å². The summed E-state index contributed by atoms with van der Waals surface area (Å²) in [6.07, 6.45) is 0. The molecule has 1 saturated heterocycles. The third-order valence-electron chi connectivity index (χ3n) is 3.50. The molecule has 0 aromatic heterocycles. The van der Waals surface area contributed by atoms with Crippen molar-refractivity contribution in [3.8, 4) is 0 Å². The maximum Gasteiger partial charge on any atom is 0.239 e. The van der Waals surface area contributed by atoms with Crippen molar-refractivity contribution in [1.82, 2.24) is 20.4 Å². The van der Waals surface area contributed by atoms with Crippen molar-refractivity contribution in [2.75, 3.05) is 39.3 Å². The predicted octanol–water partition coefficient (Wildman–Crippen LogP) is -0.347. The van der Waals surface area contributed by atoms with Crippen LogP contribution in [-0.2, 0) is 9.59 Å². The molecule has 1 atom stereocenters. The molecule has 116 valence electrons. The molecular formula is C14H28N4O2. The third-order valence-corrected chi connectivity index (χ3v) is 3.50. The van der Waals surface area contributed by atoms with Crippen LogP contribution in [0.2, 0.25) is 0 Å². The Morgan fingerprint density at radius 2 is 2.15 bits per heavy atom. The SMILES string of the molecule is CCN(CC(=O)NC(C)C)C(=O)CN1CCNC[C@H]1C. The van der Waals surface area contributed by atoms with Gasteiger partial charge in [-0.25, -0.2) is 0 Å². The van der Waals surface area contributed by atoms with Gasteiger partial charge in [-0.3, -0.25) is 14.5 Å². The molecule has 1 heterocycles. The van der Waals surface area contributed by atoms with Gasteiger partial charge in [-0.1, -0.05) is 0 Å². The first-order chi connectivity index (χ1) is 9.43. The second-order valence-corrected chi connectivity index (χ2v) is 5.65. The van der Waals surface area contributed by atoms with Crippen LogP contribution < -0.4 is 10.6 Å². The molecule has 0 aliphatic carbocycles. The predicted molar refractivity (Wildman–Crippen MR) is 79.4 cm³/mol. The van der Waals surface area contributed by atoms with Crippen LogP contribution in [0.3, 0.4) is 0 Å². The molecule has 20 heavy (non-hydrogen) atoms. The molecule has 1 rings (SSSR count). The lowest BCUT2D eigenvalue weighted by Gasteiger charge is -2.34. The van der Waals surface area contributed by atoms with Gasteiger partial charge in [0.15, 0.2) is 0 Å². The first-order valence-electron chi connectivity index (χ1n) is 7.46. The van der Waals surface area contributed by atoms with Gasteiger partial charge in [-0.15, -0.1) is 0 Å². The Morgan fingerprint density at radius 3 is 2.70 bits per heavy atom. The summed E-state index contributed by atoms with van der Waals surface area (Å²) in [5, 5.41) is 6.12. The highest BCUT2D eigenvalue weighted by Crippen LogP contribution is 2.03. The molecule has 0 spiro atoms. The summed E-state index contributed by atoms with van der Waals surface area (Å²) in [5.41, 5.74) is 0. The molecule has 6 heteroatoms. The van der Waals surface area contributed by atoms with E-state index in [1.165, 1.54) is 0 Å². The highest BCUT2D eigenvalue weighted by molar-refractivity contribution is 5.85. The average Bonchev–Trinajstić information content (AvgIpc) is 2.37. The zero-order valence-electron chi connectivity index (χ0n) is 13.1. The van der Waals surface area contributed by atoms with Gasteiger partial charge in [0.1, 0.15) is 0 Å². The highest BCUT2D eigenvalue weighted by atomic mass is 16.2. The van der Waals surface area contributed by atoms with Crippen LogP contribution in [0.25, 0.3) is 0 Å². The Morgan fingerprint density at radius 1 is 1.45 bits per heavy atom. The number of carbonyl (C=O) groups is 2. The molecule has 6 nitrogen and oxygen atoms in total. The van der Waals surface area contributed by atoms with E-state index >= 15 is 0 Å². The minimum Gasteiger partial charge on any atom is -0.352 e. The molecule has 1 fully saturated rings. The zero-order chi connectivity index (χ0) is 15.1. The van der Waals surface area contributed by atoms with Crippen LogP contribution in [0.1, 0.15) is 27.7 Å². The number of likely N-dealkylation sites (N-methyl/N-ethyl adjacent to an activating group) is 1. The molecule has 0 radical (unpaired) electrons. The van der Waals surface area contributed by atoms with Crippen LogP contribution in [-0.4, -0.2) is 73.0 Å². The molecule has 2 N–H and O–H groups in total. The van der Waals surface area contributed by atoms with Crippen molar-refractivity contribution in [2.24, 2.45) is 0 Å². The summed E-state index contributed by atoms with van der Waals surface area (Å²) < 4.78 is 0. The number of piperazine rings is 1. The van der Waals surface area contributed by atoms with Crippen molar-refractivity contribution in [2.45, 2.75) is 39.8 Å². The fraction of sp³-hybridized carbons (Fsp3) is 0.857. The number of nitrogens with zero attached hydrogens (tertiary/aromatic N) is 2. The second-order valence-electron chi connectivity index (χ2n) is 5.65. The molecule has 0 aromatic carbocycles. The monoisotopic (exact) mass is 284 g/mol. The fourth-order valence-corrected chi connectivity index (χ4v) is 2.31. The van der Waals surface area contributed by atoms with Crippen LogP contribution in [0.5, 0.6) is 0 Å². The van der Waals surface area contributed by atoms with Gasteiger partial charge in [0.2, 0.25) is 11.8 Å². The quantitative estimate of drug-likeness (QED) is 0.700. The van der Waals surface area contributed by atoms with Crippen molar-refractivity contribution < 1.29 is 9.59 Å². The molecule has 1 aliphatic heterocycles. The lowest BCUT2D eigenvalue weighted by atomic mass is 10.2. The topological polar surface area (TPSA) is 64.7 Å². The molecular weight excluding hydrogens is 256 g/mol. The Balaban J connectivity index is 2.47. The Labute approximate surface area is 121 Å². The van der Waals surface area contributed by atoms with Crippen molar-refractivity contribution in [3.63, 3.8) is 0 Å². The van der Waals surface area contributed by atoms with E-state index in [0.717, 1.165) is 19.6 Å². The summed E-state index contributed by atoms with van der Waals surface area (Å²) in [4.78, 5) is 27.8. The number of rotatable bonds is 6. The summed E-state index contributed by atoms with van der Waals surface area (Å²) >= 11 is 0. The van der Waals surface area contributed by atoms with E-state index < -0.39 is 0 Å². The number of hydrogen-bond donors (Lipinski definition) is 2. The lowest BCUT2D eigenvalue weighted by Crippen LogP contribution is -2.54. The number of amides is 2. The molecule has 1 aliphatic rings. The van der Waals surface area contributed by atoms with Gasteiger partial charge < -0.3 is 15.5 Å². The summed E-state index contributed by atoms with van der Waals surface area (Å²) in [5.74, 6) is -0.0660. The largest absolute Gasteiger partial charge is 0.352 e. The summed E-state index contributed by atoms with van der Waals surface area (Å²) in [6.45, 7) is 11.7. The molecule has 0 unspecified atom stereocenters. The van der Waals surface area contributed by atoms with Crippen molar-refractivity contribution in [3.05, 3.63) is 0 Å². The Kier molecular flexibility index (Phi) is 6.95. The summed E-state index contributed by atoms with van der Waals surface area (Å²) in [6, 6.07) is 0.459. The molecule has 0 aromatic rings. The number of nitrogens with one attached hydrogen (secondary N) is 2. The maximum atomic E-state index is 12.3. The zero-order valence-corrected chi connectivity index (χ0v) is 13.1. The standard InChI is InChI=1S/C14H28N4O2/c1-5-17(9-13(19)16-11(2)3)14(20)10-18-7-6-15-8-12(18)4/h11-12,15H,5-10H2,1-4H3,(H,16,19)/t12-/m1/s1. The van der Waals surface area contributed by atoms with E-state index in [1.54, 1.807) is 4.90 Å². The van der Waals surface area contributed by atoms with Gasteiger partial charge in [0.25, 0.3) is 0 Å². The van der Waals surface area contributed by atoms with Gasteiger partial charge >= 0.3 is 0 Å². The third kappa shape index (κ3) is 5.46. The van der Waals surface area contributed by atoms with Crippen LogP contribution in [0.4, 0.5) is 0 Å². The molecule has 2 amide bonds. The number of carbonyl (C=O) groups excluding carboxylic acids is 2. The normalized spacial score (nSPS) is 19.9. The Bertz CT molecular complexity index is 333. The Hall–Kier alpha value is -1.14. The van der Waals surface area contributed by atoms with Gasteiger partial charge in [0.05, 0.1) is 13.1 Å². The smallest absolute Gasteiger partial charge is 0.239 e. The minimum atomic E-state index is -0.0939. The first kappa shape index (κ1) is 16.9. The van der Waals surface area contributed by atoms with Gasteiger partial charge in [-0.05, 0) is 27.7 Å². The first-order valence-corrected chi connectivity index (χ1v) is 7.46. The highest BCUT2D eigenvalue weighted by Gasteiger charge is 2.23. The lowest BCUT2D eigenvalue weighted by molar-refractivity contribution is -0.137. The minimum absolute atomic E-state index is 0.0279. The van der Waals surface area contributed by atoms with E-state index in [4.69, 9.17) is 0 Å². The van der Waals surface area contributed by atoms with E-state index in [0.29, 0.717) is 19.1 Å². The fourth-order valence-electron chi connectivity index (χ4n) is 2.31. The van der Waals surface area contributed by atoms with E-state index in [9.17, 15) is 9.59 Å². The van der Waals surface area contributed by atoms with Crippen LogP contribution in [0.15, 0.2) is 0 Å². The maximum absolute atomic E-state index is 12.3. The van der Waals surface area contributed by atoms with Gasteiger partial charge in [0, 0.05) is 38.3 Å². The van der Waals surface area contributed by atoms with E-state index in [1.807, 2.05) is 20.8 Å². The van der Waals surface area contributed by atoms with Crippen molar-refractivity contribution >= 4 is 11.8 Å². The van der Waals surface area contributed by atoms with E-state index in [-0.39, 0.29) is 24.4 Å². The second kappa shape index (κ2) is 8.21. The number of hydrogen-bond acceptors (Lipinski definition) is 4. The average molecular weight is 284 g/mol.